The van der Waals surface area contributed by atoms with Crippen LogP contribution in [0.2, 0.25) is 0 Å². The molecule has 0 spiro atoms. The Morgan fingerprint density at radius 3 is 2.26 bits per heavy atom. The van der Waals surface area contributed by atoms with Gasteiger partial charge in [-0.25, -0.2) is 4.79 Å². The van der Waals surface area contributed by atoms with E-state index < -0.39 is 55.1 Å². The highest BCUT2D eigenvalue weighted by atomic mass is 16.7. The Labute approximate surface area is 239 Å². The highest BCUT2D eigenvalue weighted by Crippen LogP contribution is 2.42. The minimum Gasteiger partial charge on any atom is -0.508 e. The molecule has 0 amide bonds. The van der Waals surface area contributed by atoms with Crippen molar-refractivity contribution in [2.24, 2.45) is 0 Å². The summed E-state index contributed by atoms with van der Waals surface area (Å²) in [5.74, 6) is -1.55. The zero-order valence-electron chi connectivity index (χ0n) is 21.9. The number of ketones is 1. The zero-order chi connectivity index (χ0) is 30.0. The van der Waals surface area contributed by atoms with Gasteiger partial charge in [-0.05, 0) is 41.5 Å². The summed E-state index contributed by atoms with van der Waals surface area (Å²) in [4.78, 5) is 25.0. The first-order chi connectivity index (χ1) is 20.1. The van der Waals surface area contributed by atoms with Crippen LogP contribution in [0.25, 0.3) is 6.08 Å². The number of carbonyl (C=O) groups is 2. The largest absolute Gasteiger partial charge is 0.508 e. The van der Waals surface area contributed by atoms with E-state index in [-0.39, 0.29) is 40.8 Å². The highest BCUT2D eigenvalue weighted by molar-refractivity contribution is 6.02. The van der Waals surface area contributed by atoms with Gasteiger partial charge in [0, 0.05) is 18.2 Å². The third-order valence-electron chi connectivity index (χ3n) is 6.85. The fraction of sp³-hybridized carbons (Fsp3) is 0.267. The molecule has 2 heterocycles. The molecular weight excluding hydrogens is 552 g/mol. The number of carbonyl (C=O) groups excluding carboxylic acids is 2. The van der Waals surface area contributed by atoms with Crippen LogP contribution in [0.3, 0.4) is 0 Å². The summed E-state index contributed by atoms with van der Waals surface area (Å²) in [6.45, 7) is -0.495. The van der Waals surface area contributed by atoms with Crippen molar-refractivity contribution in [1.82, 2.24) is 0 Å². The molecule has 0 bridgehead atoms. The lowest BCUT2D eigenvalue weighted by atomic mass is 9.95. The van der Waals surface area contributed by atoms with Crippen molar-refractivity contribution in [1.29, 1.82) is 0 Å². The molecule has 5 rings (SSSR count). The summed E-state index contributed by atoms with van der Waals surface area (Å²) >= 11 is 0. The van der Waals surface area contributed by atoms with Gasteiger partial charge >= 0.3 is 5.97 Å². The molecule has 0 radical (unpaired) electrons. The van der Waals surface area contributed by atoms with E-state index in [0.29, 0.717) is 11.1 Å². The number of hydrogen-bond acceptors (Lipinski definition) is 12. The molecule has 220 valence electrons. The number of ether oxygens (including phenoxy) is 4. The van der Waals surface area contributed by atoms with Crippen LogP contribution in [0.4, 0.5) is 0 Å². The molecule has 3 aromatic rings. The summed E-state index contributed by atoms with van der Waals surface area (Å²) in [5, 5.41) is 60.7. The molecule has 0 aromatic heterocycles. The van der Waals surface area contributed by atoms with E-state index in [9.17, 15) is 40.2 Å². The van der Waals surface area contributed by atoms with Gasteiger partial charge in [-0.3, -0.25) is 4.79 Å². The Morgan fingerprint density at radius 1 is 0.905 bits per heavy atom. The van der Waals surface area contributed by atoms with Crippen LogP contribution in [0.5, 0.6) is 28.7 Å². The molecule has 2 aliphatic rings. The van der Waals surface area contributed by atoms with Gasteiger partial charge in [-0.15, -0.1) is 0 Å². The van der Waals surface area contributed by atoms with Gasteiger partial charge in [0.15, 0.2) is 5.78 Å². The van der Waals surface area contributed by atoms with E-state index in [1.54, 1.807) is 24.3 Å². The Balaban J connectivity index is 1.26. The maximum absolute atomic E-state index is 12.8. The first kappa shape index (κ1) is 28.9. The minimum atomic E-state index is -1.73. The lowest BCUT2D eigenvalue weighted by Crippen LogP contribution is -2.60. The van der Waals surface area contributed by atoms with Crippen molar-refractivity contribution in [3.05, 3.63) is 83.4 Å². The SMILES string of the molecule is O=C(/C=C/c1ccc(O)cc1)OC[C@H]1O[C@@H](Oc2cc(O)c3c(c2)O[C@@H](c2ccc(O)cc2)CC3=O)[C@@H](O)[C@@H](O)[C@H]1O. The van der Waals surface area contributed by atoms with Gasteiger partial charge in [0.1, 0.15) is 71.4 Å². The van der Waals surface area contributed by atoms with Crippen molar-refractivity contribution >= 4 is 17.8 Å². The third kappa shape index (κ3) is 6.31. The number of Topliss-reactive ketones (excluding diaryl/α,β-unsaturated/α-hetero) is 1. The number of phenolic OH excluding ortho intramolecular Hbond substituents is 3. The van der Waals surface area contributed by atoms with Crippen LogP contribution in [0, 0.1) is 0 Å². The van der Waals surface area contributed by atoms with Crippen LogP contribution in [-0.4, -0.2) is 79.7 Å². The summed E-state index contributed by atoms with van der Waals surface area (Å²) in [6, 6.07) is 14.6. The molecule has 6 N–H and O–H groups in total. The van der Waals surface area contributed by atoms with E-state index in [0.717, 1.165) is 12.1 Å². The fourth-order valence-corrected chi connectivity index (χ4v) is 4.61. The Morgan fingerprint density at radius 2 is 1.57 bits per heavy atom. The van der Waals surface area contributed by atoms with Gasteiger partial charge in [0.25, 0.3) is 0 Å². The Bertz CT molecular complexity index is 1470. The topological polar surface area (TPSA) is 192 Å². The summed E-state index contributed by atoms with van der Waals surface area (Å²) in [6.07, 6.45) is -6.12. The molecule has 0 unspecified atom stereocenters. The predicted molar refractivity (Wildman–Crippen MR) is 144 cm³/mol. The van der Waals surface area contributed by atoms with Crippen LogP contribution >= 0.6 is 0 Å². The van der Waals surface area contributed by atoms with Crippen LogP contribution in [0.15, 0.2) is 66.7 Å². The quantitative estimate of drug-likeness (QED) is 0.176. The number of esters is 1. The Kier molecular flexibility index (Phi) is 8.31. The summed E-state index contributed by atoms with van der Waals surface area (Å²) in [7, 11) is 0. The molecule has 12 heteroatoms. The maximum Gasteiger partial charge on any atom is 0.330 e. The first-order valence-electron chi connectivity index (χ1n) is 12.9. The zero-order valence-corrected chi connectivity index (χ0v) is 21.9. The van der Waals surface area contributed by atoms with Crippen LogP contribution in [0.1, 0.15) is 34.0 Å². The molecule has 1 saturated heterocycles. The molecular formula is C30H28O12. The number of hydrogen-bond donors (Lipinski definition) is 6. The number of rotatable bonds is 7. The van der Waals surface area contributed by atoms with Crippen LogP contribution < -0.4 is 9.47 Å². The van der Waals surface area contributed by atoms with Gasteiger partial charge in [0.2, 0.25) is 6.29 Å². The second-order valence-corrected chi connectivity index (χ2v) is 9.83. The number of benzene rings is 3. The van der Waals surface area contributed by atoms with Crippen molar-refractivity contribution < 1.29 is 59.2 Å². The smallest absolute Gasteiger partial charge is 0.330 e. The second kappa shape index (κ2) is 12.1. The van der Waals surface area contributed by atoms with Gasteiger partial charge < -0.3 is 49.6 Å². The van der Waals surface area contributed by atoms with Crippen molar-refractivity contribution in [3.63, 3.8) is 0 Å². The van der Waals surface area contributed by atoms with Crippen molar-refractivity contribution in [3.8, 4) is 28.7 Å². The average molecular weight is 581 g/mol. The van der Waals surface area contributed by atoms with E-state index in [2.05, 4.69) is 0 Å². The average Bonchev–Trinajstić information content (AvgIpc) is 2.96. The summed E-state index contributed by atoms with van der Waals surface area (Å²) in [5.41, 5.74) is 1.19. The monoisotopic (exact) mass is 580 g/mol. The standard InChI is InChI=1S/C30H28O12/c31-17-6-1-15(2-7-17)3-10-25(35)39-14-24-27(36)28(37)29(38)30(42-24)40-19-11-20(33)26-21(34)13-22(41-23(26)12-19)16-4-8-18(32)9-5-16/h1-12,22,24,27-33,36-38H,13-14H2/b10-3+/t22-,24-,27+,28+,29+,30-/m1/s1. The lowest BCUT2D eigenvalue weighted by Gasteiger charge is -2.40. The number of aliphatic hydroxyl groups is 3. The molecule has 6 atom stereocenters. The van der Waals surface area contributed by atoms with Gasteiger partial charge in [0.05, 0.1) is 6.42 Å². The van der Waals surface area contributed by atoms with E-state index in [4.69, 9.17) is 18.9 Å². The molecule has 3 aromatic carbocycles. The van der Waals surface area contributed by atoms with Gasteiger partial charge in [-0.1, -0.05) is 24.3 Å². The number of phenols is 3. The molecule has 1 fully saturated rings. The number of aliphatic hydroxyl groups excluding tert-OH is 3. The van der Waals surface area contributed by atoms with Crippen molar-refractivity contribution in [2.75, 3.05) is 6.61 Å². The highest BCUT2D eigenvalue weighted by Gasteiger charge is 2.45. The first-order valence-corrected chi connectivity index (χ1v) is 12.9. The molecule has 0 saturated carbocycles. The molecule has 2 aliphatic heterocycles. The number of fused-ring (bicyclic) bond motifs is 1. The van der Waals surface area contributed by atoms with E-state index in [1.807, 2.05) is 0 Å². The number of aromatic hydroxyl groups is 3. The maximum atomic E-state index is 12.8. The van der Waals surface area contributed by atoms with E-state index in [1.165, 1.54) is 36.4 Å². The predicted octanol–water partition coefficient (Wildman–Crippen LogP) is 1.95. The lowest BCUT2D eigenvalue weighted by molar-refractivity contribution is -0.278. The molecule has 0 aliphatic carbocycles. The third-order valence-corrected chi connectivity index (χ3v) is 6.85. The van der Waals surface area contributed by atoms with Crippen LogP contribution in [-0.2, 0) is 14.3 Å². The fourth-order valence-electron chi connectivity index (χ4n) is 4.61. The molecule has 12 nitrogen and oxygen atoms in total. The second-order valence-electron chi connectivity index (χ2n) is 9.83. The van der Waals surface area contributed by atoms with Gasteiger partial charge in [-0.2, -0.15) is 0 Å². The summed E-state index contributed by atoms with van der Waals surface area (Å²) < 4.78 is 22.3. The molecule has 42 heavy (non-hydrogen) atoms. The Hall–Kier alpha value is -4.62. The van der Waals surface area contributed by atoms with E-state index >= 15 is 0 Å². The minimum absolute atomic E-state index is 0.0103. The van der Waals surface area contributed by atoms with Crippen molar-refractivity contribution in [2.45, 2.75) is 43.2 Å². The normalized spacial score (nSPS) is 25.5.